The van der Waals surface area contributed by atoms with Gasteiger partial charge in [-0.2, -0.15) is 0 Å². The Morgan fingerprint density at radius 2 is 1.91 bits per heavy atom. The summed E-state index contributed by atoms with van der Waals surface area (Å²) >= 11 is 0. The average Bonchev–Trinajstić information content (AvgIpc) is 3.41. The molecule has 3 rings (SSSR count). The summed E-state index contributed by atoms with van der Waals surface area (Å²) in [4.78, 5) is 36.7. The number of carbonyl (C=O) groups excluding carboxylic acids is 3. The highest BCUT2D eigenvalue weighted by Crippen LogP contribution is 2.30. The molecule has 0 saturated heterocycles. The first kappa shape index (κ1) is 24.1. The molecule has 33 heavy (non-hydrogen) atoms. The van der Waals surface area contributed by atoms with Gasteiger partial charge in [-0.1, -0.05) is 18.0 Å². The van der Waals surface area contributed by atoms with E-state index < -0.39 is 24.0 Å². The van der Waals surface area contributed by atoms with Crippen LogP contribution in [0, 0.1) is 13.8 Å². The van der Waals surface area contributed by atoms with Crippen LogP contribution < -0.4 is 20.1 Å². The maximum atomic E-state index is 12.5. The summed E-state index contributed by atoms with van der Waals surface area (Å²) in [5.41, 5.74) is 1.74. The fourth-order valence-electron chi connectivity index (χ4n) is 3.56. The van der Waals surface area contributed by atoms with Gasteiger partial charge in [0.1, 0.15) is 12.4 Å². The third-order valence-electron chi connectivity index (χ3n) is 5.53. The number of amides is 3. The van der Waals surface area contributed by atoms with E-state index >= 15 is 0 Å². The monoisotopic (exact) mass is 459 g/mol. The maximum absolute atomic E-state index is 12.5. The van der Waals surface area contributed by atoms with Crippen LogP contribution in [0.1, 0.15) is 60.0 Å². The number of ether oxygens (including phenoxy) is 3. The normalized spacial score (nSPS) is 14.4. The van der Waals surface area contributed by atoms with Gasteiger partial charge < -0.3 is 24.1 Å². The molecule has 1 aromatic heterocycles. The van der Waals surface area contributed by atoms with Crippen LogP contribution in [0.25, 0.3) is 0 Å². The van der Waals surface area contributed by atoms with Gasteiger partial charge in [-0.05, 0) is 51.8 Å². The molecule has 10 nitrogen and oxygen atoms in total. The zero-order valence-corrected chi connectivity index (χ0v) is 19.2. The van der Waals surface area contributed by atoms with Crippen molar-refractivity contribution in [1.29, 1.82) is 0 Å². The molecule has 1 unspecified atom stereocenters. The van der Waals surface area contributed by atoms with Crippen LogP contribution in [-0.4, -0.2) is 42.3 Å². The third-order valence-corrected chi connectivity index (χ3v) is 5.53. The van der Waals surface area contributed by atoms with Gasteiger partial charge in [0.2, 0.25) is 0 Å². The van der Waals surface area contributed by atoms with Crippen LogP contribution in [-0.2, 0) is 16.1 Å². The van der Waals surface area contributed by atoms with E-state index in [1.54, 1.807) is 13.0 Å². The number of methoxy groups -OCH3 is 1. The van der Waals surface area contributed by atoms with Crippen LogP contribution in [0.15, 0.2) is 22.7 Å². The summed E-state index contributed by atoms with van der Waals surface area (Å²) in [6, 6.07) is 4.03. The molecule has 1 aromatic carbocycles. The van der Waals surface area contributed by atoms with Crippen LogP contribution in [0.5, 0.6) is 11.5 Å². The number of hydrogen-bond donors (Lipinski definition) is 2. The first-order valence-corrected chi connectivity index (χ1v) is 10.8. The first-order valence-electron chi connectivity index (χ1n) is 10.8. The van der Waals surface area contributed by atoms with Crippen LogP contribution in [0.4, 0.5) is 4.79 Å². The lowest BCUT2D eigenvalue weighted by atomic mass is 10.2. The Hall–Kier alpha value is -3.56. The summed E-state index contributed by atoms with van der Waals surface area (Å²) in [5, 5.41) is 8.85. The number of hydrogen-bond acceptors (Lipinski definition) is 8. The number of benzene rings is 1. The molecule has 2 N–H and O–H groups in total. The van der Waals surface area contributed by atoms with E-state index in [0.29, 0.717) is 17.3 Å². The van der Waals surface area contributed by atoms with Crippen LogP contribution in [0.2, 0.25) is 0 Å². The number of urea groups is 1. The fraction of sp³-hybridized carbons (Fsp3) is 0.478. The van der Waals surface area contributed by atoms with Gasteiger partial charge in [-0.25, -0.2) is 9.59 Å². The zero-order chi connectivity index (χ0) is 24.0. The zero-order valence-electron chi connectivity index (χ0n) is 19.2. The molecule has 1 fully saturated rings. The minimum absolute atomic E-state index is 0.0708. The second-order valence-electron chi connectivity index (χ2n) is 7.95. The maximum Gasteiger partial charge on any atom is 0.339 e. The summed E-state index contributed by atoms with van der Waals surface area (Å²) in [7, 11) is 1.45. The van der Waals surface area contributed by atoms with Gasteiger partial charge >= 0.3 is 12.0 Å². The molecule has 1 saturated carbocycles. The molecule has 10 heteroatoms. The minimum Gasteiger partial charge on any atom is -0.493 e. The summed E-state index contributed by atoms with van der Waals surface area (Å²) in [6.07, 6.45) is 2.74. The number of rotatable bonds is 8. The van der Waals surface area contributed by atoms with E-state index in [9.17, 15) is 14.4 Å². The Kier molecular flexibility index (Phi) is 7.92. The highest BCUT2D eigenvalue weighted by atomic mass is 16.5. The van der Waals surface area contributed by atoms with Crippen molar-refractivity contribution in [3.8, 4) is 11.5 Å². The quantitative estimate of drug-likeness (QED) is 0.576. The van der Waals surface area contributed by atoms with E-state index in [1.165, 1.54) is 26.2 Å². The number of imide groups is 1. The molecule has 1 aliphatic carbocycles. The lowest BCUT2D eigenvalue weighted by Gasteiger charge is -2.16. The van der Waals surface area contributed by atoms with Gasteiger partial charge in [0, 0.05) is 6.04 Å². The molecule has 1 atom stereocenters. The van der Waals surface area contributed by atoms with Crippen molar-refractivity contribution in [2.75, 3.05) is 7.11 Å². The van der Waals surface area contributed by atoms with Crippen molar-refractivity contribution in [3.63, 3.8) is 0 Å². The first-order chi connectivity index (χ1) is 15.8. The number of aromatic nitrogens is 1. The Labute approximate surface area is 191 Å². The second-order valence-corrected chi connectivity index (χ2v) is 7.95. The van der Waals surface area contributed by atoms with Gasteiger partial charge in [0.15, 0.2) is 17.6 Å². The van der Waals surface area contributed by atoms with E-state index in [0.717, 1.165) is 36.9 Å². The van der Waals surface area contributed by atoms with Gasteiger partial charge in [0.25, 0.3) is 5.91 Å². The Morgan fingerprint density at radius 1 is 1.18 bits per heavy atom. The number of nitrogens with one attached hydrogen (secondary N) is 2. The molecule has 0 bridgehead atoms. The molecule has 1 aliphatic rings. The summed E-state index contributed by atoms with van der Waals surface area (Å²) < 4.78 is 21.5. The Morgan fingerprint density at radius 3 is 2.55 bits per heavy atom. The smallest absolute Gasteiger partial charge is 0.339 e. The number of carbonyl (C=O) groups is 3. The Balaban J connectivity index is 1.56. The highest BCUT2D eigenvalue weighted by molar-refractivity contribution is 5.98. The molecule has 3 amide bonds. The molecule has 2 aromatic rings. The molecule has 0 aliphatic heterocycles. The lowest BCUT2D eigenvalue weighted by molar-refractivity contribution is -0.127. The van der Waals surface area contributed by atoms with Crippen LogP contribution >= 0.6 is 0 Å². The van der Waals surface area contributed by atoms with Crippen molar-refractivity contribution in [2.24, 2.45) is 0 Å². The van der Waals surface area contributed by atoms with E-state index in [1.807, 2.05) is 6.92 Å². The Bertz CT molecular complexity index is 992. The SMILES string of the molecule is COc1cc(C(=O)OC(C)C(=O)NC(=O)NC2CCCC2)ccc1OCc1c(C)noc1C. The number of nitrogens with zero attached hydrogens (tertiary/aromatic N) is 1. The topological polar surface area (TPSA) is 129 Å². The summed E-state index contributed by atoms with van der Waals surface area (Å²) in [6.45, 7) is 5.24. The molecule has 0 radical (unpaired) electrons. The minimum atomic E-state index is -1.16. The van der Waals surface area contributed by atoms with Gasteiger partial charge in [-0.3, -0.25) is 10.1 Å². The van der Waals surface area contributed by atoms with E-state index in [4.69, 9.17) is 18.7 Å². The molecule has 0 spiro atoms. The molecule has 1 heterocycles. The fourth-order valence-corrected chi connectivity index (χ4v) is 3.56. The van der Waals surface area contributed by atoms with Crippen molar-refractivity contribution in [3.05, 3.63) is 40.8 Å². The molecule has 178 valence electrons. The highest BCUT2D eigenvalue weighted by Gasteiger charge is 2.24. The second kappa shape index (κ2) is 10.8. The number of esters is 1. The molecular weight excluding hydrogens is 430 g/mol. The predicted molar refractivity (Wildman–Crippen MR) is 117 cm³/mol. The van der Waals surface area contributed by atoms with Crippen molar-refractivity contribution < 1.29 is 33.1 Å². The van der Waals surface area contributed by atoms with Crippen molar-refractivity contribution in [2.45, 2.75) is 65.2 Å². The van der Waals surface area contributed by atoms with Gasteiger partial charge in [0.05, 0.1) is 23.9 Å². The van der Waals surface area contributed by atoms with Crippen molar-refractivity contribution >= 4 is 17.9 Å². The predicted octanol–water partition coefficient (Wildman–Crippen LogP) is 3.19. The van der Waals surface area contributed by atoms with Gasteiger partial charge in [-0.15, -0.1) is 0 Å². The number of aryl methyl sites for hydroxylation is 2. The average molecular weight is 459 g/mol. The standard InChI is InChI=1S/C23H29N3O7/c1-13-18(14(2)33-26-13)12-31-19-10-9-16(11-20(19)30-4)22(28)32-15(3)21(27)25-23(29)24-17-7-5-6-8-17/h9-11,15,17H,5-8,12H2,1-4H3,(H2,24,25,27,29). The van der Waals surface area contributed by atoms with E-state index in [2.05, 4.69) is 15.8 Å². The van der Waals surface area contributed by atoms with Crippen LogP contribution in [0.3, 0.4) is 0 Å². The third kappa shape index (κ3) is 6.24. The van der Waals surface area contributed by atoms with Crippen molar-refractivity contribution in [1.82, 2.24) is 15.8 Å². The summed E-state index contributed by atoms with van der Waals surface area (Å²) in [5.74, 6) is -0.0295. The van der Waals surface area contributed by atoms with E-state index in [-0.39, 0.29) is 18.2 Å². The lowest BCUT2D eigenvalue weighted by Crippen LogP contribution is -2.47. The largest absolute Gasteiger partial charge is 0.493 e. The molecular formula is C23H29N3O7.